The minimum absolute atomic E-state index is 0.0630. The predicted octanol–water partition coefficient (Wildman–Crippen LogP) is 4.07. The van der Waals surface area contributed by atoms with Gasteiger partial charge >= 0.3 is 0 Å². The van der Waals surface area contributed by atoms with Crippen LogP contribution in [0.3, 0.4) is 0 Å². The van der Waals surface area contributed by atoms with Gasteiger partial charge in [0.2, 0.25) is 0 Å². The maximum atomic E-state index is 5.58. The number of nitrogens with one attached hydrogen (secondary N) is 1. The summed E-state index contributed by atoms with van der Waals surface area (Å²) in [4.78, 5) is 0. The standard InChI is InChI=1S/C16H25NO/c1-6-11-17-14(8-7-10-16(3,4)5)15-13(2)9-12-18-15/h9,12,14,17H,6,8,11H2,1-5H3. The van der Waals surface area contributed by atoms with Crippen LogP contribution in [0, 0.1) is 24.2 Å². The number of rotatable bonds is 5. The van der Waals surface area contributed by atoms with Crippen LogP contribution in [0.2, 0.25) is 0 Å². The zero-order valence-electron chi connectivity index (χ0n) is 12.3. The van der Waals surface area contributed by atoms with E-state index >= 15 is 0 Å². The van der Waals surface area contributed by atoms with Crippen molar-refractivity contribution in [1.29, 1.82) is 0 Å². The van der Waals surface area contributed by atoms with E-state index in [-0.39, 0.29) is 11.5 Å². The van der Waals surface area contributed by atoms with Gasteiger partial charge < -0.3 is 9.73 Å². The van der Waals surface area contributed by atoms with Crippen molar-refractivity contribution in [2.45, 2.75) is 53.5 Å². The molecule has 1 atom stereocenters. The molecule has 0 aliphatic rings. The van der Waals surface area contributed by atoms with Gasteiger partial charge in [-0.25, -0.2) is 0 Å². The highest BCUT2D eigenvalue weighted by atomic mass is 16.3. The monoisotopic (exact) mass is 247 g/mol. The fraction of sp³-hybridized carbons (Fsp3) is 0.625. The van der Waals surface area contributed by atoms with E-state index in [2.05, 4.69) is 51.8 Å². The number of aryl methyl sites for hydroxylation is 1. The Kier molecular flexibility index (Phi) is 5.50. The fourth-order valence-corrected chi connectivity index (χ4v) is 1.74. The van der Waals surface area contributed by atoms with E-state index in [9.17, 15) is 0 Å². The van der Waals surface area contributed by atoms with Gasteiger partial charge in [-0.05, 0) is 52.3 Å². The number of hydrogen-bond donors (Lipinski definition) is 1. The largest absolute Gasteiger partial charge is 0.467 e. The highest BCUT2D eigenvalue weighted by Gasteiger charge is 2.15. The third kappa shape index (κ3) is 4.98. The summed E-state index contributed by atoms with van der Waals surface area (Å²) in [6, 6.07) is 2.21. The maximum Gasteiger partial charge on any atom is 0.124 e. The topological polar surface area (TPSA) is 25.2 Å². The Morgan fingerprint density at radius 3 is 2.61 bits per heavy atom. The lowest BCUT2D eigenvalue weighted by Crippen LogP contribution is -2.22. The van der Waals surface area contributed by atoms with E-state index in [1.807, 2.05) is 6.07 Å². The fourth-order valence-electron chi connectivity index (χ4n) is 1.74. The molecule has 0 bridgehead atoms. The first kappa shape index (κ1) is 14.9. The first-order valence-corrected chi connectivity index (χ1v) is 6.71. The molecular weight excluding hydrogens is 222 g/mol. The lowest BCUT2D eigenvalue weighted by Gasteiger charge is -2.15. The summed E-state index contributed by atoms with van der Waals surface area (Å²) in [7, 11) is 0. The second kappa shape index (κ2) is 6.66. The molecular formula is C16H25NO. The minimum Gasteiger partial charge on any atom is -0.467 e. The van der Waals surface area contributed by atoms with Crippen molar-refractivity contribution < 1.29 is 4.42 Å². The van der Waals surface area contributed by atoms with Crippen molar-refractivity contribution >= 4 is 0 Å². The molecule has 0 aliphatic heterocycles. The Morgan fingerprint density at radius 1 is 1.39 bits per heavy atom. The van der Waals surface area contributed by atoms with Gasteiger partial charge in [0, 0.05) is 11.8 Å². The zero-order valence-corrected chi connectivity index (χ0v) is 12.3. The molecule has 0 spiro atoms. The predicted molar refractivity (Wildman–Crippen MR) is 76.3 cm³/mol. The van der Waals surface area contributed by atoms with E-state index in [0.717, 1.165) is 25.1 Å². The third-order valence-corrected chi connectivity index (χ3v) is 2.63. The zero-order chi connectivity index (χ0) is 13.6. The molecule has 1 N–H and O–H groups in total. The van der Waals surface area contributed by atoms with Crippen molar-refractivity contribution in [3.05, 3.63) is 23.7 Å². The first-order chi connectivity index (χ1) is 8.44. The quantitative estimate of drug-likeness (QED) is 0.793. The summed E-state index contributed by atoms with van der Waals surface area (Å²) in [5, 5.41) is 3.50. The molecule has 1 heterocycles. The van der Waals surface area contributed by atoms with Crippen LogP contribution in [-0.4, -0.2) is 6.54 Å². The molecule has 100 valence electrons. The summed E-state index contributed by atoms with van der Waals surface area (Å²) < 4.78 is 5.58. The van der Waals surface area contributed by atoms with Crippen LogP contribution in [-0.2, 0) is 0 Å². The Hall–Kier alpha value is -1.20. The molecule has 0 saturated carbocycles. The third-order valence-electron chi connectivity index (χ3n) is 2.63. The van der Waals surface area contributed by atoms with E-state index in [4.69, 9.17) is 4.42 Å². The smallest absolute Gasteiger partial charge is 0.124 e. The second-order valence-electron chi connectivity index (χ2n) is 5.73. The SMILES string of the molecule is CCCNC(CC#CC(C)(C)C)c1occc1C. The Balaban J connectivity index is 2.73. The Morgan fingerprint density at radius 2 is 2.11 bits per heavy atom. The molecule has 0 radical (unpaired) electrons. The first-order valence-electron chi connectivity index (χ1n) is 6.71. The molecule has 0 aromatic carbocycles. The molecule has 1 aromatic rings. The molecule has 18 heavy (non-hydrogen) atoms. The molecule has 0 fully saturated rings. The van der Waals surface area contributed by atoms with Gasteiger partial charge in [0.05, 0.1) is 12.3 Å². The van der Waals surface area contributed by atoms with Crippen molar-refractivity contribution in [3.8, 4) is 11.8 Å². The summed E-state index contributed by atoms with van der Waals surface area (Å²) in [6.45, 7) is 11.6. The van der Waals surface area contributed by atoms with Crippen molar-refractivity contribution in [1.82, 2.24) is 5.32 Å². The van der Waals surface area contributed by atoms with E-state index in [1.54, 1.807) is 6.26 Å². The molecule has 1 unspecified atom stereocenters. The highest BCUT2D eigenvalue weighted by molar-refractivity contribution is 5.20. The van der Waals surface area contributed by atoms with Gasteiger partial charge in [-0.15, -0.1) is 5.92 Å². The Labute approximate surface area is 111 Å². The molecule has 1 aromatic heterocycles. The molecule has 0 aliphatic carbocycles. The maximum absolute atomic E-state index is 5.58. The van der Waals surface area contributed by atoms with Crippen LogP contribution in [0.15, 0.2) is 16.7 Å². The Bertz CT molecular complexity index is 414. The molecule has 0 saturated heterocycles. The molecule has 2 nitrogen and oxygen atoms in total. The lowest BCUT2D eigenvalue weighted by molar-refractivity contribution is 0.414. The van der Waals surface area contributed by atoms with Crippen molar-refractivity contribution in [2.75, 3.05) is 6.54 Å². The van der Waals surface area contributed by atoms with Crippen LogP contribution in [0.5, 0.6) is 0 Å². The molecule has 0 amide bonds. The summed E-state index contributed by atoms with van der Waals surface area (Å²) in [5.74, 6) is 7.58. The number of furan rings is 1. The lowest BCUT2D eigenvalue weighted by atomic mass is 9.97. The summed E-state index contributed by atoms with van der Waals surface area (Å²) in [6.07, 6.45) is 3.66. The second-order valence-corrected chi connectivity index (χ2v) is 5.73. The summed E-state index contributed by atoms with van der Waals surface area (Å²) in [5.41, 5.74) is 1.26. The van der Waals surface area contributed by atoms with E-state index in [0.29, 0.717) is 0 Å². The highest BCUT2D eigenvalue weighted by Crippen LogP contribution is 2.21. The summed E-state index contributed by atoms with van der Waals surface area (Å²) >= 11 is 0. The van der Waals surface area contributed by atoms with Gasteiger partial charge in [-0.2, -0.15) is 0 Å². The normalized spacial score (nSPS) is 12.9. The molecule has 2 heteroatoms. The van der Waals surface area contributed by atoms with Gasteiger partial charge in [0.25, 0.3) is 0 Å². The van der Waals surface area contributed by atoms with E-state index < -0.39 is 0 Å². The average Bonchev–Trinajstić information content (AvgIpc) is 2.68. The van der Waals surface area contributed by atoms with Crippen LogP contribution < -0.4 is 5.32 Å². The van der Waals surface area contributed by atoms with Gasteiger partial charge in [-0.1, -0.05) is 12.8 Å². The number of hydrogen-bond acceptors (Lipinski definition) is 2. The van der Waals surface area contributed by atoms with Crippen LogP contribution in [0.4, 0.5) is 0 Å². The average molecular weight is 247 g/mol. The van der Waals surface area contributed by atoms with Crippen LogP contribution in [0.1, 0.15) is 57.9 Å². The van der Waals surface area contributed by atoms with E-state index in [1.165, 1.54) is 5.56 Å². The minimum atomic E-state index is 0.0630. The van der Waals surface area contributed by atoms with Crippen molar-refractivity contribution in [3.63, 3.8) is 0 Å². The van der Waals surface area contributed by atoms with Crippen LogP contribution >= 0.6 is 0 Å². The molecule has 1 rings (SSSR count). The van der Waals surface area contributed by atoms with Gasteiger partial charge in [0.15, 0.2) is 0 Å². The van der Waals surface area contributed by atoms with Gasteiger partial charge in [-0.3, -0.25) is 0 Å². The van der Waals surface area contributed by atoms with Crippen molar-refractivity contribution in [2.24, 2.45) is 5.41 Å². The van der Waals surface area contributed by atoms with Gasteiger partial charge in [0.1, 0.15) is 5.76 Å². The van der Waals surface area contributed by atoms with Crippen LogP contribution in [0.25, 0.3) is 0 Å².